The lowest BCUT2D eigenvalue weighted by Crippen LogP contribution is -2.16. The Hall–Kier alpha value is -2.44. The molecular formula is C18H21ClN2O4. The highest BCUT2D eigenvalue weighted by atomic mass is 35.5. The van der Waals surface area contributed by atoms with Crippen LogP contribution in [0.2, 0.25) is 0 Å². The Morgan fingerprint density at radius 1 is 1.12 bits per heavy atom. The van der Waals surface area contributed by atoms with Gasteiger partial charge < -0.3 is 24.8 Å². The van der Waals surface area contributed by atoms with Crippen molar-refractivity contribution < 1.29 is 19.0 Å². The fourth-order valence-corrected chi connectivity index (χ4v) is 2.53. The molecule has 6 nitrogen and oxygen atoms in total. The van der Waals surface area contributed by atoms with Crippen LogP contribution in [0.3, 0.4) is 0 Å². The van der Waals surface area contributed by atoms with Crippen molar-refractivity contribution in [2.75, 3.05) is 32.7 Å². The largest absolute Gasteiger partial charge is 0.497 e. The van der Waals surface area contributed by atoms with Crippen LogP contribution in [0.15, 0.2) is 36.4 Å². The molecule has 1 amide bonds. The minimum absolute atomic E-state index is 0. The second-order valence-electron chi connectivity index (χ2n) is 5.40. The van der Waals surface area contributed by atoms with E-state index in [4.69, 9.17) is 14.2 Å². The molecule has 0 aromatic heterocycles. The first kappa shape index (κ1) is 18.9. The van der Waals surface area contributed by atoms with Crippen molar-refractivity contribution in [2.45, 2.75) is 6.54 Å². The average molecular weight is 365 g/mol. The summed E-state index contributed by atoms with van der Waals surface area (Å²) >= 11 is 0. The molecule has 1 aliphatic heterocycles. The van der Waals surface area contributed by atoms with E-state index < -0.39 is 0 Å². The first-order chi connectivity index (χ1) is 11.7. The van der Waals surface area contributed by atoms with Gasteiger partial charge in [-0.05, 0) is 30.3 Å². The Balaban J connectivity index is 0.00000225. The number of methoxy groups -OCH3 is 2. The number of rotatable bonds is 4. The monoisotopic (exact) mass is 364 g/mol. The molecule has 0 spiro atoms. The first-order valence-corrected chi connectivity index (χ1v) is 7.70. The summed E-state index contributed by atoms with van der Waals surface area (Å²) in [6.45, 7) is 2.16. The Morgan fingerprint density at radius 3 is 2.52 bits per heavy atom. The molecule has 134 valence electrons. The van der Waals surface area contributed by atoms with E-state index in [-0.39, 0.29) is 18.3 Å². The van der Waals surface area contributed by atoms with Crippen LogP contribution < -0.4 is 24.8 Å². The quantitative estimate of drug-likeness (QED) is 0.873. The summed E-state index contributed by atoms with van der Waals surface area (Å²) in [6.07, 6.45) is 0. The fourth-order valence-electron chi connectivity index (χ4n) is 2.53. The van der Waals surface area contributed by atoms with Crippen molar-refractivity contribution in [3.05, 3.63) is 47.5 Å². The summed E-state index contributed by atoms with van der Waals surface area (Å²) in [5.41, 5.74) is 2.21. The van der Waals surface area contributed by atoms with Gasteiger partial charge in [0.2, 0.25) is 0 Å². The maximum Gasteiger partial charge on any atom is 0.255 e. The third-order valence-electron chi connectivity index (χ3n) is 3.78. The maximum atomic E-state index is 12.5. The predicted octanol–water partition coefficient (Wildman–Crippen LogP) is 2.86. The minimum atomic E-state index is -0.227. The molecule has 2 aromatic carbocycles. The van der Waals surface area contributed by atoms with Crippen molar-refractivity contribution >= 4 is 24.0 Å². The van der Waals surface area contributed by atoms with E-state index >= 15 is 0 Å². The standard InChI is InChI=1S/C18H20N2O4.ClH/c1-22-15-8-12(9-16(10-15)23-2)18(21)20-14-3-4-17-13(7-14)11-19-5-6-24-17;/h3-4,7-10,19H,5-6,11H2,1-2H3,(H,20,21);1H. The Bertz CT molecular complexity index is 730. The number of nitrogens with one attached hydrogen (secondary N) is 2. The van der Waals surface area contributed by atoms with Gasteiger partial charge in [0, 0.05) is 36.0 Å². The van der Waals surface area contributed by atoms with Crippen LogP contribution in [0.5, 0.6) is 17.2 Å². The number of ether oxygens (including phenoxy) is 3. The van der Waals surface area contributed by atoms with E-state index in [1.165, 1.54) is 0 Å². The van der Waals surface area contributed by atoms with Crippen LogP contribution in [0.4, 0.5) is 5.69 Å². The number of anilines is 1. The number of carbonyl (C=O) groups is 1. The SMILES string of the molecule is COc1cc(OC)cc(C(=O)Nc2ccc3c(c2)CNCCO3)c1.Cl. The summed E-state index contributed by atoms with van der Waals surface area (Å²) in [7, 11) is 3.10. The van der Waals surface area contributed by atoms with Gasteiger partial charge >= 0.3 is 0 Å². The second kappa shape index (κ2) is 8.60. The van der Waals surface area contributed by atoms with Gasteiger partial charge in [-0.3, -0.25) is 4.79 Å². The van der Waals surface area contributed by atoms with Gasteiger partial charge in [-0.1, -0.05) is 0 Å². The average Bonchev–Trinajstić information content (AvgIpc) is 2.86. The van der Waals surface area contributed by atoms with E-state index in [2.05, 4.69) is 10.6 Å². The molecule has 2 N–H and O–H groups in total. The summed E-state index contributed by atoms with van der Waals surface area (Å²) in [5, 5.41) is 6.17. The molecule has 2 aromatic rings. The highest BCUT2D eigenvalue weighted by molar-refractivity contribution is 6.04. The van der Waals surface area contributed by atoms with Gasteiger partial charge in [0.1, 0.15) is 23.9 Å². The van der Waals surface area contributed by atoms with Gasteiger partial charge in [-0.25, -0.2) is 0 Å². The van der Waals surface area contributed by atoms with E-state index in [0.29, 0.717) is 35.9 Å². The van der Waals surface area contributed by atoms with E-state index in [1.807, 2.05) is 18.2 Å². The van der Waals surface area contributed by atoms with Gasteiger partial charge in [-0.15, -0.1) is 12.4 Å². The summed E-state index contributed by atoms with van der Waals surface area (Å²) in [4.78, 5) is 12.5. The number of hydrogen-bond donors (Lipinski definition) is 2. The zero-order valence-electron chi connectivity index (χ0n) is 14.1. The van der Waals surface area contributed by atoms with E-state index in [1.54, 1.807) is 32.4 Å². The molecule has 0 fully saturated rings. The molecule has 0 saturated heterocycles. The lowest BCUT2D eigenvalue weighted by atomic mass is 10.1. The van der Waals surface area contributed by atoms with Gasteiger partial charge in [0.15, 0.2) is 0 Å². The smallest absolute Gasteiger partial charge is 0.255 e. The molecule has 0 aliphatic carbocycles. The fraction of sp³-hybridized carbons (Fsp3) is 0.278. The molecule has 7 heteroatoms. The highest BCUT2D eigenvalue weighted by Crippen LogP contribution is 2.26. The maximum absolute atomic E-state index is 12.5. The number of amides is 1. The Kier molecular flexibility index (Phi) is 6.50. The first-order valence-electron chi connectivity index (χ1n) is 7.70. The van der Waals surface area contributed by atoms with Crippen molar-refractivity contribution in [3.8, 4) is 17.2 Å². The molecule has 0 unspecified atom stereocenters. The summed E-state index contributed by atoms with van der Waals surface area (Å²) in [6, 6.07) is 10.7. The van der Waals surface area contributed by atoms with Crippen LogP contribution in [0.25, 0.3) is 0 Å². The van der Waals surface area contributed by atoms with Crippen molar-refractivity contribution in [3.63, 3.8) is 0 Å². The normalized spacial score (nSPS) is 12.7. The van der Waals surface area contributed by atoms with Gasteiger partial charge in [0.25, 0.3) is 5.91 Å². The minimum Gasteiger partial charge on any atom is -0.497 e. The number of halogens is 1. The summed E-state index contributed by atoms with van der Waals surface area (Å²) < 4.78 is 16.0. The number of carbonyl (C=O) groups excluding carboxylic acids is 1. The van der Waals surface area contributed by atoms with E-state index in [0.717, 1.165) is 17.9 Å². The second-order valence-corrected chi connectivity index (χ2v) is 5.40. The van der Waals surface area contributed by atoms with E-state index in [9.17, 15) is 4.79 Å². The van der Waals surface area contributed by atoms with Crippen molar-refractivity contribution in [1.29, 1.82) is 0 Å². The zero-order valence-corrected chi connectivity index (χ0v) is 14.9. The van der Waals surface area contributed by atoms with Crippen LogP contribution in [0, 0.1) is 0 Å². The van der Waals surface area contributed by atoms with Crippen molar-refractivity contribution in [1.82, 2.24) is 5.32 Å². The van der Waals surface area contributed by atoms with Crippen LogP contribution >= 0.6 is 12.4 Å². The highest BCUT2D eigenvalue weighted by Gasteiger charge is 2.13. The predicted molar refractivity (Wildman–Crippen MR) is 98.4 cm³/mol. The van der Waals surface area contributed by atoms with Crippen LogP contribution in [-0.2, 0) is 6.54 Å². The third-order valence-corrected chi connectivity index (χ3v) is 3.78. The molecule has 0 radical (unpaired) electrons. The summed E-state index contributed by atoms with van der Waals surface area (Å²) in [5.74, 6) is 1.76. The van der Waals surface area contributed by atoms with Gasteiger partial charge in [0.05, 0.1) is 14.2 Å². The molecule has 1 heterocycles. The molecular weight excluding hydrogens is 344 g/mol. The Morgan fingerprint density at radius 2 is 1.84 bits per heavy atom. The Labute approximate surface area is 152 Å². The van der Waals surface area contributed by atoms with Crippen molar-refractivity contribution in [2.24, 2.45) is 0 Å². The number of hydrogen-bond acceptors (Lipinski definition) is 5. The number of fused-ring (bicyclic) bond motifs is 1. The molecule has 0 bridgehead atoms. The molecule has 3 rings (SSSR count). The topological polar surface area (TPSA) is 68.8 Å². The third kappa shape index (κ3) is 4.55. The van der Waals surface area contributed by atoms with Gasteiger partial charge in [-0.2, -0.15) is 0 Å². The molecule has 0 atom stereocenters. The molecule has 25 heavy (non-hydrogen) atoms. The lowest BCUT2D eigenvalue weighted by molar-refractivity contribution is 0.102. The van der Waals surface area contributed by atoms with Crippen LogP contribution in [-0.4, -0.2) is 33.3 Å². The molecule has 1 aliphatic rings. The molecule has 0 saturated carbocycles. The number of benzene rings is 2. The lowest BCUT2D eigenvalue weighted by Gasteiger charge is -2.11. The van der Waals surface area contributed by atoms with Crippen LogP contribution in [0.1, 0.15) is 15.9 Å². The zero-order chi connectivity index (χ0) is 16.9.